The van der Waals surface area contributed by atoms with Crippen molar-refractivity contribution in [2.45, 2.75) is 0 Å². The molecule has 0 atom stereocenters. The van der Waals surface area contributed by atoms with E-state index in [1.165, 1.54) is 0 Å². The van der Waals surface area contributed by atoms with Gasteiger partial charge in [-0.1, -0.05) is 5.04 Å². The summed E-state index contributed by atoms with van der Waals surface area (Å²) in [4.78, 5) is 0. The van der Waals surface area contributed by atoms with E-state index >= 15 is 0 Å². The number of rotatable bonds is 0. The van der Waals surface area contributed by atoms with Crippen molar-refractivity contribution in [1.29, 1.82) is 0 Å². The van der Waals surface area contributed by atoms with Gasteiger partial charge in [-0.2, -0.15) is 0 Å². The summed E-state index contributed by atoms with van der Waals surface area (Å²) in [5, 5.41) is 15.5. The van der Waals surface area contributed by atoms with Crippen molar-refractivity contribution in [2.24, 2.45) is 0 Å². The molecule has 0 aromatic heterocycles. The smallest absolute Gasteiger partial charge is 0 e. The molecule has 4 heteroatoms. The van der Waals surface area contributed by atoms with Crippen molar-refractivity contribution in [2.75, 3.05) is 0 Å². The molecule has 3 nitrogen and oxygen atoms in total. The zero-order valence-corrected chi connectivity index (χ0v) is 3.42. The second kappa shape index (κ2) is 9.99. The number of hydrogen-bond donors (Lipinski definition) is 2. The Morgan fingerprint density at radius 2 is 1.25 bits per heavy atom. The van der Waals surface area contributed by atoms with E-state index in [-0.39, 0.29) is 17.1 Å². The van der Waals surface area contributed by atoms with Crippen LogP contribution in [0.3, 0.4) is 0 Å². The molecule has 0 fully saturated rings. The molecule has 0 aromatic rings. The molecule has 0 heterocycles. The fraction of sp³-hybridized carbons (Fsp3) is 0. The first-order valence-corrected chi connectivity index (χ1v) is 0.365. The van der Waals surface area contributed by atoms with Gasteiger partial charge in [-0.25, -0.2) is 10.5 Å². The van der Waals surface area contributed by atoms with E-state index in [2.05, 4.69) is 5.04 Å². The molecule has 0 aliphatic carbocycles. The maximum Gasteiger partial charge on any atom is 0 e. The average molecular weight is 129 g/mol. The summed E-state index contributed by atoms with van der Waals surface area (Å²) >= 11 is 0. The summed E-state index contributed by atoms with van der Waals surface area (Å²) in [5.74, 6) is 0. The van der Waals surface area contributed by atoms with Crippen LogP contribution in [-0.2, 0) is 5.04 Å². The first-order chi connectivity index (χ1) is 1.41. The molecule has 0 unspecified atom stereocenters. The fourth-order valence-corrected chi connectivity index (χ4v) is 0. The van der Waals surface area contributed by atoms with Gasteiger partial charge in [0.1, 0.15) is 0 Å². The van der Waals surface area contributed by atoms with Gasteiger partial charge >= 0.3 is 0 Å². The average Bonchev–Trinajstić information content (AvgIpc) is 0.918. The summed E-state index contributed by atoms with van der Waals surface area (Å²) in [5.41, 5.74) is 0. The third kappa shape index (κ3) is 29.4. The molecule has 0 spiro atoms. The third-order valence-corrected chi connectivity index (χ3v) is 0. The Kier molecular flexibility index (Phi) is 22.1. The maximum atomic E-state index is 6.62. The zero-order valence-electron chi connectivity index (χ0n) is 1.71. The minimum absolute atomic E-state index is 0. The molecular weight excluding hydrogens is 127 g/mol. The molecular formula is H2O3Se. The Bertz CT molecular complexity index is 3.25. The SMILES string of the molecule is OOO.[Se]. The first kappa shape index (κ1) is 8.83. The molecule has 0 saturated carbocycles. The topological polar surface area (TPSA) is 49.7 Å². The van der Waals surface area contributed by atoms with Gasteiger partial charge in [0.2, 0.25) is 0 Å². The monoisotopic (exact) mass is 130 g/mol. The quantitative estimate of drug-likeness (QED) is 0.265. The molecule has 0 aliphatic heterocycles. The van der Waals surface area contributed by atoms with Crippen LogP contribution in [0.25, 0.3) is 0 Å². The largest absolute Gasteiger partial charge is 0.221 e. The van der Waals surface area contributed by atoms with E-state index in [1.807, 2.05) is 0 Å². The van der Waals surface area contributed by atoms with Crippen molar-refractivity contribution in [3.05, 3.63) is 0 Å². The van der Waals surface area contributed by atoms with Gasteiger partial charge in [0, 0.05) is 17.1 Å². The van der Waals surface area contributed by atoms with Gasteiger partial charge in [0.25, 0.3) is 0 Å². The van der Waals surface area contributed by atoms with E-state index in [1.54, 1.807) is 0 Å². The third-order valence-electron chi connectivity index (χ3n) is 0. The Morgan fingerprint density at radius 1 is 1.25 bits per heavy atom. The summed E-state index contributed by atoms with van der Waals surface area (Å²) in [6.07, 6.45) is 0. The fourth-order valence-electron chi connectivity index (χ4n) is 0. The maximum absolute atomic E-state index is 6.62. The van der Waals surface area contributed by atoms with Crippen LogP contribution in [0.15, 0.2) is 0 Å². The second-order valence-corrected chi connectivity index (χ2v) is 0.0816. The van der Waals surface area contributed by atoms with Crippen LogP contribution in [0.2, 0.25) is 0 Å². The molecule has 2 radical (unpaired) electrons. The predicted octanol–water partition coefficient (Wildman–Crippen LogP) is -0.432. The van der Waals surface area contributed by atoms with Crippen molar-refractivity contribution in [3.8, 4) is 0 Å². The van der Waals surface area contributed by atoms with E-state index in [0.717, 1.165) is 0 Å². The van der Waals surface area contributed by atoms with Gasteiger partial charge in [-0.3, -0.25) is 0 Å². The van der Waals surface area contributed by atoms with E-state index in [9.17, 15) is 0 Å². The van der Waals surface area contributed by atoms with Crippen LogP contribution >= 0.6 is 0 Å². The van der Waals surface area contributed by atoms with Gasteiger partial charge < -0.3 is 0 Å². The Hall–Kier alpha value is 0.399. The Labute approximate surface area is 33.5 Å². The van der Waals surface area contributed by atoms with E-state index in [0.29, 0.717) is 0 Å². The van der Waals surface area contributed by atoms with Gasteiger partial charge in [0.15, 0.2) is 0 Å². The van der Waals surface area contributed by atoms with Gasteiger partial charge in [-0.15, -0.1) is 0 Å². The van der Waals surface area contributed by atoms with Crippen LogP contribution < -0.4 is 0 Å². The molecule has 0 saturated heterocycles. The Morgan fingerprint density at radius 3 is 1.25 bits per heavy atom. The molecule has 2 N–H and O–H groups in total. The standard InChI is InChI=1S/H2O3.Se/c1-3-2;/h1-2H;. The van der Waals surface area contributed by atoms with Crippen molar-refractivity contribution in [3.63, 3.8) is 0 Å². The summed E-state index contributed by atoms with van der Waals surface area (Å²) in [6, 6.07) is 0. The molecule has 4 heavy (non-hydrogen) atoms. The van der Waals surface area contributed by atoms with Gasteiger partial charge in [0.05, 0.1) is 0 Å². The second-order valence-electron chi connectivity index (χ2n) is 0.0816. The Balaban J connectivity index is 0. The number of hydrogen-bond acceptors (Lipinski definition) is 3. The summed E-state index contributed by atoms with van der Waals surface area (Å²) < 4.78 is 0. The normalized spacial score (nSPS) is 4.50. The molecule has 0 aliphatic rings. The van der Waals surface area contributed by atoms with Crippen molar-refractivity contribution < 1.29 is 15.6 Å². The summed E-state index contributed by atoms with van der Waals surface area (Å²) in [7, 11) is 0. The van der Waals surface area contributed by atoms with E-state index < -0.39 is 0 Å². The minimum atomic E-state index is 0. The summed E-state index contributed by atoms with van der Waals surface area (Å²) in [6.45, 7) is 0. The van der Waals surface area contributed by atoms with Crippen LogP contribution in [0.1, 0.15) is 0 Å². The minimum Gasteiger partial charge on any atom is -0.221 e. The molecule has 0 bridgehead atoms. The molecule has 26 valence electrons. The van der Waals surface area contributed by atoms with Crippen molar-refractivity contribution >= 4 is 17.1 Å². The zero-order chi connectivity index (χ0) is 2.71. The van der Waals surface area contributed by atoms with Crippen LogP contribution in [0, 0.1) is 0 Å². The van der Waals surface area contributed by atoms with Gasteiger partial charge in [-0.05, 0) is 0 Å². The molecule has 0 amide bonds. The van der Waals surface area contributed by atoms with Crippen molar-refractivity contribution in [1.82, 2.24) is 0 Å². The first-order valence-electron chi connectivity index (χ1n) is 0.365. The van der Waals surface area contributed by atoms with Crippen LogP contribution in [0.4, 0.5) is 0 Å². The van der Waals surface area contributed by atoms with Crippen LogP contribution in [0.5, 0.6) is 0 Å². The van der Waals surface area contributed by atoms with Crippen LogP contribution in [-0.4, -0.2) is 27.6 Å². The molecule has 0 aromatic carbocycles. The molecule has 0 rings (SSSR count). The van der Waals surface area contributed by atoms with E-state index in [4.69, 9.17) is 10.5 Å². The predicted molar refractivity (Wildman–Crippen MR) is 12.1 cm³/mol.